The summed E-state index contributed by atoms with van der Waals surface area (Å²) in [5.74, 6) is -1.28. The van der Waals surface area contributed by atoms with Crippen molar-refractivity contribution in [3.8, 4) is 0 Å². The van der Waals surface area contributed by atoms with Crippen LogP contribution >= 0.6 is 0 Å². The minimum absolute atomic E-state index is 0.000886. The van der Waals surface area contributed by atoms with Crippen LogP contribution in [0.3, 0.4) is 0 Å². The van der Waals surface area contributed by atoms with Gasteiger partial charge in [-0.3, -0.25) is 31.8 Å². The van der Waals surface area contributed by atoms with Crippen molar-refractivity contribution in [3.63, 3.8) is 0 Å². The molecular weight excluding hydrogens is 917 g/mol. The minimum Gasteiger partial charge on any atom is -0.385 e. The molecule has 18 nitrogen and oxygen atoms in total. The fraction of sp³-hybridized carbons (Fsp3) is 0.511. The van der Waals surface area contributed by atoms with Gasteiger partial charge in [0.15, 0.2) is 5.71 Å². The van der Waals surface area contributed by atoms with E-state index in [1.165, 1.54) is 24.3 Å². The van der Waals surface area contributed by atoms with E-state index in [-0.39, 0.29) is 47.4 Å². The Balaban J connectivity index is 1.53. The topological polar surface area (TPSA) is 221 Å². The molecule has 5 rings (SSSR count). The van der Waals surface area contributed by atoms with Gasteiger partial charge in [0.25, 0.3) is 42.2 Å². The van der Waals surface area contributed by atoms with Gasteiger partial charge in [-0.15, -0.1) is 0 Å². The van der Waals surface area contributed by atoms with Crippen LogP contribution in [0.1, 0.15) is 69.9 Å². The van der Waals surface area contributed by atoms with Crippen LogP contribution in [-0.4, -0.2) is 139 Å². The summed E-state index contributed by atoms with van der Waals surface area (Å²) in [7, 11) is -5.48. The first-order chi connectivity index (χ1) is 31.2. The molecule has 21 heteroatoms. The Hall–Kier alpha value is -4.61. The van der Waals surface area contributed by atoms with E-state index in [0.29, 0.717) is 64.0 Å². The predicted molar refractivity (Wildman–Crippen MR) is 246 cm³/mol. The van der Waals surface area contributed by atoms with Gasteiger partial charge in [-0.1, -0.05) is 6.08 Å². The maximum Gasteiger partial charge on any atom is 0.296 e. The molecule has 0 aromatic heterocycles. The molecule has 2 atom stereocenters. The molecule has 3 amide bonds. The van der Waals surface area contributed by atoms with E-state index in [1.807, 2.05) is 37.0 Å². The molecule has 2 aromatic carbocycles. The van der Waals surface area contributed by atoms with Crippen LogP contribution in [0.4, 0.5) is 11.4 Å². The first-order valence-electron chi connectivity index (χ1n) is 21.5. The monoisotopic (exact) mass is 977 g/mol. The highest BCUT2D eigenvalue weighted by atomic mass is 32.2. The second-order valence-corrected chi connectivity index (χ2v) is 21.7. The summed E-state index contributed by atoms with van der Waals surface area (Å²) >= 11 is 0. The highest BCUT2D eigenvalue weighted by Gasteiger charge is 2.48. The summed E-state index contributed by atoms with van der Waals surface area (Å²) in [6, 6.07) is 9.67. The number of allylic oxidation sites excluding steroid dienone is 4. The number of unbranched alkanes of at least 4 members (excludes halogenated alkanes) is 2. The first kappa shape index (κ1) is 52.4. The number of benzene rings is 2. The van der Waals surface area contributed by atoms with Crippen molar-refractivity contribution in [3.05, 3.63) is 83.6 Å². The van der Waals surface area contributed by atoms with Crippen molar-refractivity contribution < 1.29 is 66.2 Å². The highest BCUT2D eigenvalue weighted by Crippen LogP contribution is 2.51. The van der Waals surface area contributed by atoms with Gasteiger partial charge in [-0.05, 0) is 87.9 Å². The standard InChI is InChI=1S/C45H60N4O14S3/c1-44(22-12-30-64(53,54)61-5)35-31-33(65(55,56)62-6)17-19-38(35)48(27-29-60-4)39(44)13-11-14-40-45(2,23-28-59-3)36-32-34(66(57,58)63-7)16-18-37(36)47(40)25-10-8-9-15-41(50)46-24-26-49-42(51)20-21-43(49)52/h11,13-14,16-21,31-32H,8-10,12,15,22-30H2,1-7H3/p+1. The molecule has 0 fully saturated rings. The Morgan fingerprint density at radius 3 is 1.98 bits per heavy atom. The Morgan fingerprint density at radius 2 is 1.36 bits per heavy atom. The van der Waals surface area contributed by atoms with Crippen LogP contribution < -0.4 is 10.2 Å². The molecule has 0 radical (unpaired) electrons. The zero-order valence-electron chi connectivity index (χ0n) is 38.5. The lowest BCUT2D eigenvalue weighted by atomic mass is 9.76. The van der Waals surface area contributed by atoms with E-state index in [2.05, 4.69) is 9.89 Å². The van der Waals surface area contributed by atoms with E-state index >= 15 is 0 Å². The molecule has 3 aliphatic rings. The number of nitrogens with zero attached hydrogens (tertiary/aromatic N) is 3. The second kappa shape index (κ2) is 22.0. The largest absolute Gasteiger partial charge is 0.385 e. The van der Waals surface area contributed by atoms with Gasteiger partial charge in [-0.25, -0.2) is 0 Å². The Kier molecular flexibility index (Phi) is 17.5. The normalized spacial score (nSPS) is 20.4. The summed E-state index contributed by atoms with van der Waals surface area (Å²) in [5.41, 5.74) is 2.85. The van der Waals surface area contributed by atoms with Gasteiger partial charge in [0.05, 0.1) is 48.9 Å². The number of methoxy groups -OCH3 is 2. The minimum atomic E-state index is -4.09. The van der Waals surface area contributed by atoms with Gasteiger partial charge < -0.3 is 19.7 Å². The van der Waals surface area contributed by atoms with E-state index in [1.54, 1.807) is 38.5 Å². The Morgan fingerprint density at radius 1 is 0.727 bits per heavy atom. The van der Waals surface area contributed by atoms with Crippen molar-refractivity contribution in [2.45, 2.75) is 79.4 Å². The summed E-state index contributed by atoms with van der Waals surface area (Å²) in [4.78, 5) is 39.4. The number of ether oxygens (including phenoxy) is 2. The SMILES string of the molecule is COCCN1/C(=C/C=C/C2=[N+](CCCCCC(=O)NCCN3C(=O)C=CC3=O)c3ccc(S(=O)(=O)OC)cc3C2(C)CCOC)C(C)(CCCS(=O)(=O)OC)c2cc(S(=O)(=O)OC)ccc21. The summed E-state index contributed by atoms with van der Waals surface area (Å²) in [6.45, 7) is 5.74. The molecule has 0 saturated heterocycles. The maximum absolute atomic E-state index is 13.0. The quantitative estimate of drug-likeness (QED) is 0.0610. The van der Waals surface area contributed by atoms with Crippen molar-refractivity contribution in [1.29, 1.82) is 0 Å². The number of hydrogen-bond acceptors (Lipinski definition) is 15. The number of imide groups is 1. The smallest absolute Gasteiger partial charge is 0.296 e. The Labute approximate surface area is 388 Å². The Bertz CT molecular complexity index is 2610. The van der Waals surface area contributed by atoms with Gasteiger partial charge in [0.1, 0.15) is 6.54 Å². The zero-order chi connectivity index (χ0) is 48.5. The van der Waals surface area contributed by atoms with E-state index in [4.69, 9.17) is 22.0 Å². The molecule has 2 aromatic rings. The predicted octanol–water partition coefficient (Wildman–Crippen LogP) is 3.97. The fourth-order valence-electron chi connectivity index (χ4n) is 8.76. The number of carbonyl (C=O) groups is 3. The first-order valence-corrected chi connectivity index (χ1v) is 25.9. The number of hydrogen-bond donors (Lipinski definition) is 1. The third kappa shape index (κ3) is 11.6. The molecule has 66 heavy (non-hydrogen) atoms. The van der Waals surface area contributed by atoms with Crippen LogP contribution in [0.25, 0.3) is 0 Å². The summed E-state index contributed by atoms with van der Waals surface area (Å²) < 4.78 is 105. The summed E-state index contributed by atoms with van der Waals surface area (Å²) in [5, 5.41) is 2.77. The fourth-order valence-corrected chi connectivity index (χ4v) is 10.8. The average molecular weight is 978 g/mol. The van der Waals surface area contributed by atoms with Crippen molar-refractivity contribution in [1.82, 2.24) is 10.2 Å². The lowest BCUT2D eigenvalue weighted by Crippen LogP contribution is -2.38. The number of anilines is 1. The maximum atomic E-state index is 13.0. The lowest BCUT2D eigenvalue weighted by molar-refractivity contribution is -0.438. The molecule has 3 heterocycles. The average Bonchev–Trinajstić information content (AvgIpc) is 3.83. The van der Waals surface area contributed by atoms with Crippen molar-refractivity contribution in [2.75, 3.05) is 85.6 Å². The number of fused-ring (bicyclic) bond motifs is 2. The third-order valence-electron chi connectivity index (χ3n) is 12.4. The van der Waals surface area contributed by atoms with Crippen LogP contribution in [0.15, 0.2) is 82.3 Å². The molecule has 0 saturated carbocycles. The van der Waals surface area contributed by atoms with Crippen LogP contribution in [0.5, 0.6) is 0 Å². The molecule has 3 aliphatic heterocycles. The van der Waals surface area contributed by atoms with Crippen LogP contribution in [0, 0.1) is 0 Å². The van der Waals surface area contributed by atoms with Crippen molar-refractivity contribution in [2.24, 2.45) is 0 Å². The molecule has 0 aliphatic carbocycles. The number of rotatable bonds is 26. The van der Waals surface area contributed by atoms with E-state index < -0.39 is 53.0 Å². The molecule has 2 unspecified atom stereocenters. The van der Waals surface area contributed by atoms with Crippen LogP contribution in [0.2, 0.25) is 0 Å². The molecule has 0 bridgehead atoms. The van der Waals surface area contributed by atoms with Gasteiger partial charge >= 0.3 is 0 Å². The number of carbonyl (C=O) groups excluding carboxylic acids is 3. The highest BCUT2D eigenvalue weighted by molar-refractivity contribution is 7.87. The van der Waals surface area contributed by atoms with Crippen molar-refractivity contribution >= 4 is 65.2 Å². The van der Waals surface area contributed by atoms with Crippen LogP contribution in [-0.2, 0) is 77.6 Å². The van der Waals surface area contributed by atoms with E-state index in [0.717, 1.165) is 54.6 Å². The lowest BCUT2D eigenvalue weighted by Gasteiger charge is -2.30. The molecule has 0 spiro atoms. The molecular formula is C45H61N4O14S3+. The number of amides is 3. The second-order valence-electron chi connectivity index (χ2n) is 16.5. The van der Waals surface area contributed by atoms with Gasteiger partial charge in [-0.2, -0.15) is 29.8 Å². The third-order valence-corrected chi connectivity index (χ3v) is 16.3. The van der Waals surface area contributed by atoms with Gasteiger partial charge in [0, 0.05) is 100.0 Å². The van der Waals surface area contributed by atoms with Gasteiger partial charge in [0.2, 0.25) is 11.6 Å². The molecule has 1 N–H and O–H groups in total. The summed E-state index contributed by atoms with van der Waals surface area (Å²) in [6.07, 6.45) is 11.3. The zero-order valence-corrected chi connectivity index (χ0v) is 41.0. The van der Waals surface area contributed by atoms with E-state index in [9.17, 15) is 39.6 Å². The number of nitrogens with one attached hydrogen (secondary N) is 1. The molecule has 362 valence electrons.